The number of benzene rings is 2. The predicted molar refractivity (Wildman–Crippen MR) is 106 cm³/mol. The van der Waals surface area contributed by atoms with Gasteiger partial charge in [0, 0.05) is 18.8 Å². The molecule has 2 unspecified atom stereocenters. The van der Waals surface area contributed by atoms with Gasteiger partial charge in [0.1, 0.15) is 6.04 Å². The summed E-state index contributed by atoms with van der Waals surface area (Å²) in [6, 6.07) is 16.9. The van der Waals surface area contributed by atoms with Crippen molar-refractivity contribution in [3.8, 4) is 0 Å². The maximum Gasteiger partial charge on any atom is 0.321 e. The first kappa shape index (κ1) is 19.4. The molecule has 1 aliphatic heterocycles. The van der Waals surface area contributed by atoms with Gasteiger partial charge in [-0.25, -0.2) is 4.79 Å². The van der Waals surface area contributed by atoms with Crippen LogP contribution in [0.1, 0.15) is 24.4 Å². The summed E-state index contributed by atoms with van der Waals surface area (Å²) in [7, 11) is 0. The lowest BCUT2D eigenvalue weighted by Crippen LogP contribution is -2.48. The van der Waals surface area contributed by atoms with Crippen LogP contribution in [0.3, 0.4) is 0 Å². The molecule has 146 valence electrons. The number of amides is 4. The van der Waals surface area contributed by atoms with E-state index in [0.29, 0.717) is 37.2 Å². The maximum atomic E-state index is 12.7. The van der Waals surface area contributed by atoms with Crippen LogP contribution in [0.2, 0.25) is 0 Å². The van der Waals surface area contributed by atoms with Crippen LogP contribution in [-0.4, -0.2) is 35.8 Å². The zero-order valence-corrected chi connectivity index (χ0v) is 15.5. The second-order valence-electron chi connectivity index (χ2n) is 6.84. The Balaban J connectivity index is 1.62. The molecule has 4 N–H and O–H groups in total. The smallest absolute Gasteiger partial charge is 0.321 e. The van der Waals surface area contributed by atoms with Crippen molar-refractivity contribution in [2.75, 3.05) is 18.4 Å². The molecule has 0 spiro atoms. The van der Waals surface area contributed by atoms with Crippen LogP contribution in [0.25, 0.3) is 0 Å². The van der Waals surface area contributed by atoms with Gasteiger partial charge < -0.3 is 21.3 Å². The molecule has 4 amide bonds. The van der Waals surface area contributed by atoms with Gasteiger partial charge in [-0.3, -0.25) is 9.59 Å². The Bertz CT molecular complexity index is 826. The first-order valence-corrected chi connectivity index (χ1v) is 9.30. The van der Waals surface area contributed by atoms with E-state index in [0.717, 1.165) is 0 Å². The minimum Gasteiger partial charge on any atom is -0.368 e. The molecule has 7 heteroatoms. The summed E-state index contributed by atoms with van der Waals surface area (Å²) in [5.41, 5.74) is 6.82. The molecule has 28 heavy (non-hydrogen) atoms. The van der Waals surface area contributed by atoms with Gasteiger partial charge in [-0.2, -0.15) is 0 Å². The van der Waals surface area contributed by atoms with E-state index in [1.807, 2.05) is 36.4 Å². The number of para-hydroxylation sites is 1. The van der Waals surface area contributed by atoms with Gasteiger partial charge in [0.2, 0.25) is 11.8 Å². The fourth-order valence-electron chi connectivity index (χ4n) is 3.32. The van der Waals surface area contributed by atoms with Crippen LogP contribution < -0.4 is 16.4 Å². The van der Waals surface area contributed by atoms with Gasteiger partial charge in [0.15, 0.2) is 0 Å². The van der Waals surface area contributed by atoms with Crippen molar-refractivity contribution in [2.45, 2.75) is 18.9 Å². The van der Waals surface area contributed by atoms with E-state index in [4.69, 9.17) is 5.73 Å². The van der Waals surface area contributed by atoms with Crippen LogP contribution in [0, 0.1) is 5.92 Å². The van der Waals surface area contributed by atoms with Crippen molar-refractivity contribution in [1.29, 1.82) is 0 Å². The first-order valence-electron chi connectivity index (χ1n) is 9.30. The second-order valence-corrected chi connectivity index (χ2v) is 6.84. The first-order chi connectivity index (χ1) is 13.5. The topological polar surface area (TPSA) is 105 Å². The number of anilines is 1. The number of hydrogen-bond donors (Lipinski definition) is 3. The molecule has 0 aromatic heterocycles. The number of nitrogens with one attached hydrogen (secondary N) is 2. The van der Waals surface area contributed by atoms with Crippen molar-refractivity contribution < 1.29 is 14.4 Å². The van der Waals surface area contributed by atoms with E-state index in [1.54, 1.807) is 29.2 Å². The minimum absolute atomic E-state index is 0.238. The molecule has 0 bridgehead atoms. The highest BCUT2D eigenvalue weighted by molar-refractivity contribution is 5.91. The summed E-state index contributed by atoms with van der Waals surface area (Å²) in [5, 5.41) is 5.58. The average Bonchev–Trinajstić information content (AvgIpc) is 2.73. The quantitative estimate of drug-likeness (QED) is 0.741. The van der Waals surface area contributed by atoms with Crippen molar-refractivity contribution in [3.05, 3.63) is 66.2 Å². The number of carbonyl (C=O) groups excluding carboxylic acids is 3. The Labute approximate surface area is 163 Å². The summed E-state index contributed by atoms with van der Waals surface area (Å²) in [6.07, 6.45) is 1.37. The van der Waals surface area contributed by atoms with Crippen molar-refractivity contribution in [1.82, 2.24) is 10.2 Å². The molecule has 3 rings (SSSR count). The monoisotopic (exact) mass is 380 g/mol. The van der Waals surface area contributed by atoms with Crippen molar-refractivity contribution in [3.63, 3.8) is 0 Å². The summed E-state index contributed by atoms with van der Waals surface area (Å²) >= 11 is 0. The van der Waals surface area contributed by atoms with Crippen LogP contribution in [0.5, 0.6) is 0 Å². The molecule has 2 atom stereocenters. The Morgan fingerprint density at radius 1 is 1.00 bits per heavy atom. The third kappa shape index (κ3) is 4.88. The van der Waals surface area contributed by atoms with Crippen LogP contribution in [0.15, 0.2) is 60.7 Å². The average molecular weight is 380 g/mol. The summed E-state index contributed by atoms with van der Waals surface area (Å²) in [6.45, 7) is 0.880. The molecule has 1 saturated heterocycles. The van der Waals surface area contributed by atoms with Gasteiger partial charge in [0.25, 0.3) is 0 Å². The third-order valence-corrected chi connectivity index (χ3v) is 4.81. The van der Waals surface area contributed by atoms with E-state index in [1.165, 1.54) is 0 Å². The number of piperidine rings is 1. The standard InChI is InChI=1S/C21H24N4O3/c22-19(26)18(15-8-3-1-4-9-15)24-20(27)16-10-7-13-25(14-16)21(28)23-17-11-5-2-6-12-17/h1-6,8-9,11-12,16,18H,7,10,13-14H2,(H2,22,26)(H,23,28)(H,24,27). The Morgan fingerprint density at radius 3 is 2.29 bits per heavy atom. The zero-order valence-electron chi connectivity index (χ0n) is 15.5. The molecular formula is C21H24N4O3. The number of likely N-dealkylation sites (tertiary alicyclic amines) is 1. The number of nitrogens with zero attached hydrogens (tertiary/aromatic N) is 1. The van der Waals surface area contributed by atoms with Crippen LogP contribution in [0.4, 0.5) is 10.5 Å². The maximum absolute atomic E-state index is 12.7. The largest absolute Gasteiger partial charge is 0.368 e. The SMILES string of the molecule is NC(=O)C(NC(=O)C1CCCN(C(=O)Nc2ccccc2)C1)c1ccccc1. The molecule has 2 aromatic carbocycles. The van der Waals surface area contributed by atoms with E-state index < -0.39 is 11.9 Å². The lowest BCUT2D eigenvalue weighted by molar-refractivity contribution is -0.131. The van der Waals surface area contributed by atoms with E-state index in [-0.39, 0.29) is 17.9 Å². The number of hydrogen-bond acceptors (Lipinski definition) is 3. The van der Waals surface area contributed by atoms with Crippen LogP contribution >= 0.6 is 0 Å². The van der Waals surface area contributed by atoms with Gasteiger partial charge in [0.05, 0.1) is 5.92 Å². The summed E-state index contributed by atoms with van der Waals surface area (Å²) < 4.78 is 0. The molecular weight excluding hydrogens is 356 g/mol. The fourth-order valence-corrected chi connectivity index (χ4v) is 3.32. The van der Waals surface area contributed by atoms with Gasteiger partial charge in [-0.15, -0.1) is 0 Å². The van der Waals surface area contributed by atoms with E-state index >= 15 is 0 Å². The lowest BCUT2D eigenvalue weighted by Gasteiger charge is -2.32. The normalized spacial score (nSPS) is 17.4. The minimum atomic E-state index is -0.887. The Kier molecular flexibility index (Phi) is 6.26. The number of primary amides is 1. The number of carbonyl (C=O) groups is 3. The number of rotatable bonds is 5. The molecule has 1 aliphatic rings. The second kappa shape index (κ2) is 9.03. The molecule has 1 heterocycles. The lowest BCUT2D eigenvalue weighted by atomic mass is 9.96. The molecule has 7 nitrogen and oxygen atoms in total. The van der Waals surface area contributed by atoms with E-state index in [2.05, 4.69) is 10.6 Å². The molecule has 2 aromatic rings. The van der Waals surface area contributed by atoms with Gasteiger partial charge in [-0.05, 0) is 30.5 Å². The highest BCUT2D eigenvalue weighted by Gasteiger charge is 2.31. The molecule has 0 saturated carbocycles. The predicted octanol–water partition coefficient (Wildman–Crippen LogP) is 2.27. The highest BCUT2D eigenvalue weighted by atomic mass is 16.2. The van der Waals surface area contributed by atoms with E-state index in [9.17, 15) is 14.4 Å². The fraction of sp³-hybridized carbons (Fsp3) is 0.286. The Morgan fingerprint density at radius 2 is 1.64 bits per heavy atom. The van der Waals surface area contributed by atoms with Gasteiger partial charge in [-0.1, -0.05) is 48.5 Å². The van der Waals surface area contributed by atoms with Crippen molar-refractivity contribution >= 4 is 23.5 Å². The Hall–Kier alpha value is -3.35. The van der Waals surface area contributed by atoms with Gasteiger partial charge >= 0.3 is 6.03 Å². The zero-order chi connectivity index (χ0) is 19.9. The molecule has 0 radical (unpaired) electrons. The number of nitrogens with two attached hydrogens (primary N) is 1. The summed E-state index contributed by atoms with van der Waals surface area (Å²) in [4.78, 5) is 38.7. The van der Waals surface area contributed by atoms with Crippen molar-refractivity contribution in [2.24, 2.45) is 11.7 Å². The summed E-state index contributed by atoms with van der Waals surface area (Å²) in [5.74, 6) is -1.28. The van der Waals surface area contributed by atoms with Crippen LogP contribution in [-0.2, 0) is 9.59 Å². The molecule has 0 aliphatic carbocycles. The molecule has 1 fully saturated rings. The highest BCUT2D eigenvalue weighted by Crippen LogP contribution is 2.20. The number of urea groups is 1. The third-order valence-electron chi connectivity index (χ3n) is 4.81.